The van der Waals surface area contributed by atoms with Crippen LogP contribution in [0.2, 0.25) is 0 Å². The molecule has 1 unspecified atom stereocenters. The number of aromatic nitrogens is 2. The summed E-state index contributed by atoms with van der Waals surface area (Å²) in [6.45, 7) is 2.44. The minimum absolute atomic E-state index is 0.0801. The van der Waals surface area contributed by atoms with Crippen molar-refractivity contribution in [2.75, 3.05) is 5.32 Å². The van der Waals surface area contributed by atoms with E-state index in [1.54, 1.807) is 4.68 Å². The average molecular weight is 373 g/mol. The van der Waals surface area contributed by atoms with Gasteiger partial charge in [0.05, 0.1) is 12.7 Å². The fourth-order valence-corrected chi connectivity index (χ4v) is 4.79. The highest BCUT2D eigenvalue weighted by atomic mass is 32.2. The van der Waals surface area contributed by atoms with Crippen LogP contribution in [0.3, 0.4) is 0 Å². The summed E-state index contributed by atoms with van der Waals surface area (Å²) in [5.41, 5.74) is 5.73. The monoisotopic (exact) mass is 373 g/mol. The molecule has 0 saturated heterocycles. The van der Waals surface area contributed by atoms with E-state index in [4.69, 9.17) is 9.88 Å². The Labute approximate surface area is 151 Å². The van der Waals surface area contributed by atoms with Crippen LogP contribution < -0.4 is 15.2 Å². The number of nitrogens with two attached hydrogens (primary N) is 1. The summed E-state index contributed by atoms with van der Waals surface area (Å²) in [7, 11) is -3.44. The van der Waals surface area contributed by atoms with Gasteiger partial charge >= 0.3 is 6.03 Å². The largest absolute Gasteiger partial charge is 0.472 e. The minimum atomic E-state index is -3.44. The molecule has 0 fully saturated rings. The Morgan fingerprint density at radius 3 is 2.65 bits per heavy atom. The summed E-state index contributed by atoms with van der Waals surface area (Å²) >= 11 is 0. The third kappa shape index (κ3) is 2.27. The first-order valence-electron chi connectivity index (χ1n) is 8.67. The van der Waals surface area contributed by atoms with Crippen LogP contribution in [-0.4, -0.2) is 26.1 Å². The molecule has 0 radical (unpaired) electrons. The maximum Gasteiger partial charge on any atom is 0.354 e. The molecule has 0 bridgehead atoms. The van der Waals surface area contributed by atoms with Gasteiger partial charge in [0.25, 0.3) is 0 Å². The van der Waals surface area contributed by atoms with Gasteiger partial charge in [0.2, 0.25) is 5.88 Å². The molecule has 8 nitrogen and oxygen atoms in total. The van der Waals surface area contributed by atoms with E-state index in [1.807, 2.05) is 6.92 Å². The smallest absolute Gasteiger partial charge is 0.354 e. The summed E-state index contributed by atoms with van der Waals surface area (Å²) in [5.74, 6) is 0.328. The number of urea groups is 1. The van der Waals surface area contributed by atoms with E-state index in [9.17, 15) is 9.00 Å². The van der Waals surface area contributed by atoms with E-state index in [0.717, 1.165) is 31.4 Å². The summed E-state index contributed by atoms with van der Waals surface area (Å²) < 4.78 is 23.8. The molecule has 26 heavy (non-hydrogen) atoms. The lowest BCUT2D eigenvalue weighted by molar-refractivity contribution is 0.248. The van der Waals surface area contributed by atoms with Gasteiger partial charge in [-0.2, -0.15) is 5.10 Å². The van der Waals surface area contributed by atoms with Crippen LogP contribution in [0, 0.1) is 0 Å². The molecule has 5 rings (SSSR count). The second kappa shape index (κ2) is 5.31. The number of benzene rings is 1. The number of aryl methyl sites for hydroxylation is 2. The Morgan fingerprint density at radius 2 is 2.04 bits per heavy atom. The van der Waals surface area contributed by atoms with E-state index in [-0.39, 0.29) is 11.0 Å². The molecule has 2 atom stereocenters. The van der Waals surface area contributed by atoms with Crippen molar-refractivity contribution in [1.29, 1.82) is 0 Å². The fourth-order valence-electron chi connectivity index (χ4n) is 3.80. The molecular formula is C17H19N5O3S. The van der Waals surface area contributed by atoms with Crippen LogP contribution >= 0.6 is 0 Å². The van der Waals surface area contributed by atoms with Crippen molar-refractivity contribution in [1.82, 2.24) is 9.78 Å². The van der Waals surface area contributed by atoms with Crippen LogP contribution in [-0.2, 0) is 42.1 Å². The van der Waals surface area contributed by atoms with Crippen LogP contribution in [0.15, 0.2) is 21.5 Å². The molecule has 1 aliphatic heterocycles. The van der Waals surface area contributed by atoms with Crippen LogP contribution in [0.5, 0.6) is 5.88 Å². The van der Waals surface area contributed by atoms with E-state index < -0.39 is 15.9 Å². The first-order valence-corrected chi connectivity index (χ1v) is 10.2. The Hall–Kier alpha value is -2.39. The topological polar surface area (TPSA) is 112 Å². The zero-order valence-electron chi connectivity index (χ0n) is 14.3. The number of carbonyl (C=O) groups is 1. The maximum absolute atomic E-state index is 12.9. The molecule has 2 aliphatic carbocycles. The third-order valence-corrected chi connectivity index (χ3v) is 6.63. The predicted octanol–water partition coefficient (Wildman–Crippen LogP) is 1.79. The second-order valence-electron chi connectivity index (χ2n) is 7.04. The zero-order valence-corrected chi connectivity index (χ0v) is 15.1. The van der Waals surface area contributed by atoms with E-state index in [2.05, 4.69) is 20.8 Å². The highest BCUT2D eigenvalue weighted by Gasteiger charge is 2.30. The molecule has 2 amide bonds. The van der Waals surface area contributed by atoms with Gasteiger partial charge in [-0.25, -0.2) is 18.8 Å². The van der Waals surface area contributed by atoms with Crippen molar-refractivity contribution < 1.29 is 13.7 Å². The standard InChI is InChI=1S/C17H19N5O3S/c1-9-8-22-16(25-9)14(7-19-22)26(18,24)21-17(23)20-15-12-4-2-10(12)6-11-3-5-13(11)15/h6-7,9H,2-5,8H2,1H3,(H3,18,20,21,23,24)/t9-,26?/m1/s1. The van der Waals surface area contributed by atoms with Gasteiger partial charge in [-0.05, 0) is 54.9 Å². The minimum Gasteiger partial charge on any atom is -0.472 e. The number of nitrogens with one attached hydrogen (secondary N) is 1. The number of hydrogen-bond acceptors (Lipinski definition) is 4. The lowest BCUT2D eigenvalue weighted by Crippen LogP contribution is -2.24. The summed E-state index contributed by atoms with van der Waals surface area (Å²) in [6.07, 6.45) is 5.24. The molecule has 1 aromatic heterocycles. The lowest BCUT2D eigenvalue weighted by Gasteiger charge is -2.31. The normalized spacial score (nSPS) is 21.2. The third-order valence-electron chi connectivity index (χ3n) is 5.28. The zero-order chi connectivity index (χ0) is 18.1. The number of hydrogen-bond donors (Lipinski definition) is 2. The molecule has 9 heteroatoms. The lowest BCUT2D eigenvalue weighted by atomic mass is 9.76. The van der Waals surface area contributed by atoms with E-state index >= 15 is 0 Å². The van der Waals surface area contributed by atoms with Gasteiger partial charge in [0, 0.05) is 5.69 Å². The molecule has 3 aliphatic rings. The van der Waals surface area contributed by atoms with Crippen molar-refractivity contribution in [2.24, 2.45) is 9.50 Å². The van der Waals surface area contributed by atoms with Crippen LogP contribution in [0.1, 0.15) is 29.2 Å². The number of carbonyl (C=O) groups excluding carboxylic acids is 1. The maximum atomic E-state index is 12.9. The summed E-state index contributed by atoms with van der Waals surface area (Å²) in [6, 6.07) is 1.53. The summed E-state index contributed by atoms with van der Waals surface area (Å²) in [5, 5.41) is 12.8. The van der Waals surface area contributed by atoms with Gasteiger partial charge in [-0.1, -0.05) is 6.07 Å². The van der Waals surface area contributed by atoms with Crippen LogP contribution in [0.25, 0.3) is 0 Å². The number of rotatable bonds is 2. The predicted molar refractivity (Wildman–Crippen MR) is 95.6 cm³/mol. The average Bonchev–Trinajstić information content (AvgIpc) is 3.01. The Kier molecular flexibility index (Phi) is 3.23. The molecule has 1 aromatic carbocycles. The second-order valence-corrected chi connectivity index (χ2v) is 8.80. The Balaban J connectivity index is 1.46. The van der Waals surface area contributed by atoms with Crippen molar-refractivity contribution >= 4 is 21.6 Å². The highest BCUT2D eigenvalue weighted by Crippen LogP contribution is 2.40. The molecule has 2 aromatic rings. The Morgan fingerprint density at radius 1 is 1.35 bits per heavy atom. The first-order chi connectivity index (χ1) is 12.4. The van der Waals surface area contributed by atoms with Crippen molar-refractivity contribution in [3.8, 4) is 5.88 Å². The van der Waals surface area contributed by atoms with E-state index in [1.165, 1.54) is 28.5 Å². The number of amides is 2. The molecular weight excluding hydrogens is 354 g/mol. The fraction of sp³-hybridized carbons (Fsp3) is 0.412. The van der Waals surface area contributed by atoms with Gasteiger partial charge in [0.1, 0.15) is 11.0 Å². The van der Waals surface area contributed by atoms with Gasteiger partial charge in [-0.15, -0.1) is 4.36 Å². The number of nitrogens with zero attached hydrogens (tertiary/aromatic N) is 3. The quantitative estimate of drug-likeness (QED) is 0.836. The van der Waals surface area contributed by atoms with Gasteiger partial charge in [0.15, 0.2) is 9.92 Å². The van der Waals surface area contributed by atoms with Crippen molar-refractivity contribution in [3.05, 3.63) is 34.5 Å². The number of fused-ring (bicyclic) bond motifs is 3. The number of ether oxygens (including phenoxy) is 1. The van der Waals surface area contributed by atoms with Crippen LogP contribution in [0.4, 0.5) is 10.5 Å². The Bertz CT molecular complexity index is 1050. The molecule has 0 saturated carbocycles. The number of anilines is 1. The van der Waals surface area contributed by atoms with Gasteiger partial charge < -0.3 is 10.1 Å². The molecule has 2 heterocycles. The first kappa shape index (κ1) is 15.8. The molecule has 0 spiro atoms. The SMILES string of the molecule is C[C@@H]1Cn2ncc(S(N)(=O)=NC(=O)Nc3c4c(cc5c3CC5)CC4)c2O1. The summed E-state index contributed by atoms with van der Waals surface area (Å²) in [4.78, 5) is 12.6. The van der Waals surface area contributed by atoms with Gasteiger partial charge in [-0.3, -0.25) is 0 Å². The van der Waals surface area contributed by atoms with Crippen molar-refractivity contribution in [3.63, 3.8) is 0 Å². The highest BCUT2D eigenvalue weighted by molar-refractivity contribution is 7.91. The van der Waals surface area contributed by atoms with E-state index in [0.29, 0.717) is 12.4 Å². The van der Waals surface area contributed by atoms with Crippen molar-refractivity contribution in [2.45, 2.75) is 50.2 Å². The molecule has 136 valence electrons. The molecule has 3 N–H and O–H groups in total.